The molecule has 0 aromatic heterocycles. The summed E-state index contributed by atoms with van der Waals surface area (Å²) < 4.78 is 0. The van der Waals surface area contributed by atoms with E-state index < -0.39 is 17.0 Å². The fourth-order valence-corrected chi connectivity index (χ4v) is 4.38. The number of aromatic hydroxyl groups is 1. The summed E-state index contributed by atoms with van der Waals surface area (Å²) in [5.74, 6) is 0.386. The van der Waals surface area contributed by atoms with Crippen molar-refractivity contribution in [1.29, 1.82) is 0 Å². The van der Waals surface area contributed by atoms with Gasteiger partial charge in [-0.25, -0.2) is 0 Å². The van der Waals surface area contributed by atoms with Gasteiger partial charge in [0.15, 0.2) is 0 Å². The maximum atomic E-state index is 10.2. The van der Waals surface area contributed by atoms with Gasteiger partial charge in [0.05, 0.1) is 0 Å². The summed E-state index contributed by atoms with van der Waals surface area (Å²) >= 11 is -0.556. The van der Waals surface area contributed by atoms with Gasteiger partial charge in [0, 0.05) is 18.4 Å². The molecule has 3 rings (SSSR count). The minimum absolute atomic E-state index is 0.386. The molecule has 0 radical (unpaired) electrons. The first-order chi connectivity index (χ1) is 14.1. The van der Waals surface area contributed by atoms with E-state index >= 15 is 0 Å². The van der Waals surface area contributed by atoms with Gasteiger partial charge in [0.25, 0.3) is 0 Å². The molecule has 0 spiro atoms. The minimum atomic E-state index is -0.556. The standard InChI is InChI=1S/C23H26NOP.2ClH.Ti/c1-3-24(16-19-11-5-4-6-12-19)17-20-13-9-10-18(2)23(20)26-22-15-8-7-14-21(22)25;;;/h4-15,25-26H,3,16-17H2,1-2H3;2*1H;/q;;;+2/p-2. The molecule has 1 unspecified atom stereocenters. The average Bonchev–Trinajstić information content (AvgIpc) is 2.72. The van der Waals surface area contributed by atoms with Crippen LogP contribution in [0.2, 0.25) is 0 Å². The molecular formula is C23H26Cl2NOPTi. The Morgan fingerprint density at radius 3 is 2.21 bits per heavy atom. The number of hydrogen-bond acceptors (Lipinski definition) is 2. The second-order valence-electron chi connectivity index (χ2n) is 6.61. The van der Waals surface area contributed by atoms with Crippen LogP contribution in [0.5, 0.6) is 5.75 Å². The van der Waals surface area contributed by atoms with Crippen LogP contribution in [0.4, 0.5) is 0 Å². The molecule has 0 saturated carbocycles. The van der Waals surface area contributed by atoms with Gasteiger partial charge >= 0.3 is 35.6 Å². The Hall–Kier alpha value is -0.856. The van der Waals surface area contributed by atoms with E-state index in [2.05, 4.69) is 67.3 Å². The van der Waals surface area contributed by atoms with Crippen LogP contribution in [0.3, 0.4) is 0 Å². The zero-order valence-electron chi connectivity index (χ0n) is 16.7. The van der Waals surface area contributed by atoms with Crippen LogP contribution in [-0.2, 0) is 30.1 Å². The summed E-state index contributed by atoms with van der Waals surface area (Å²) in [6, 6.07) is 24.8. The van der Waals surface area contributed by atoms with E-state index in [4.69, 9.17) is 18.6 Å². The van der Waals surface area contributed by atoms with E-state index in [0.29, 0.717) is 14.3 Å². The Kier molecular flexibility index (Phi) is 11.3. The normalized spacial score (nSPS) is 10.8. The fraction of sp³-hybridized carbons (Fsp3) is 0.217. The first kappa shape index (κ1) is 24.4. The van der Waals surface area contributed by atoms with Crippen molar-refractivity contribution >= 4 is 37.8 Å². The van der Waals surface area contributed by atoms with E-state index in [1.54, 1.807) is 6.07 Å². The van der Waals surface area contributed by atoms with E-state index in [0.717, 1.165) is 24.9 Å². The molecule has 3 aromatic carbocycles. The number of nitrogens with zero attached hydrogens (tertiary/aromatic N) is 1. The van der Waals surface area contributed by atoms with E-state index in [1.165, 1.54) is 22.0 Å². The number of benzene rings is 3. The van der Waals surface area contributed by atoms with Crippen LogP contribution in [-0.4, -0.2) is 16.6 Å². The van der Waals surface area contributed by atoms with E-state index in [9.17, 15) is 5.11 Å². The Labute approximate surface area is 192 Å². The number of halogens is 2. The molecule has 0 fully saturated rings. The molecule has 0 amide bonds. The third kappa shape index (κ3) is 8.06. The quantitative estimate of drug-likeness (QED) is 0.344. The molecule has 152 valence electrons. The summed E-state index contributed by atoms with van der Waals surface area (Å²) in [6.45, 7) is 7.25. The summed E-state index contributed by atoms with van der Waals surface area (Å²) in [5.41, 5.74) is 3.98. The molecule has 1 N–H and O–H groups in total. The number of phenols is 1. The van der Waals surface area contributed by atoms with Crippen molar-refractivity contribution in [2.24, 2.45) is 0 Å². The summed E-state index contributed by atoms with van der Waals surface area (Å²) in [7, 11) is 10.2. The number of hydrogen-bond donors (Lipinski definition) is 1. The van der Waals surface area contributed by atoms with Gasteiger partial charge in [0.2, 0.25) is 0 Å². The van der Waals surface area contributed by atoms with Crippen LogP contribution in [0.15, 0.2) is 72.8 Å². The molecule has 3 aromatic rings. The Balaban J connectivity index is 0.000000941. The predicted octanol–water partition coefficient (Wildman–Crippen LogP) is 5.73. The molecule has 1 atom stereocenters. The SMILES string of the molecule is CCN(Cc1ccccc1)Cc1cccc(C)c1Pc1ccccc1O.[Cl][Ti][Cl]. The molecule has 6 heteroatoms. The third-order valence-corrected chi connectivity index (χ3v) is 6.27. The molecule has 2 nitrogen and oxygen atoms in total. The van der Waals surface area contributed by atoms with Crippen molar-refractivity contribution < 1.29 is 22.1 Å². The van der Waals surface area contributed by atoms with E-state index in [-0.39, 0.29) is 0 Å². The second kappa shape index (κ2) is 13.4. The molecule has 29 heavy (non-hydrogen) atoms. The van der Waals surface area contributed by atoms with Gasteiger partial charge in [-0.2, -0.15) is 0 Å². The van der Waals surface area contributed by atoms with Gasteiger partial charge < -0.3 is 5.11 Å². The average molecular weight is 482 g/mol. The third-order valence-electron chi connectivity index (χ3n) is 4.61. The van der Waals surface area contributed by atoms with Gasteiger partial charge in [-0.05, 0) is 41.5 Å². The monoisotopic (exact) mass is 481 g/mol. The van der Waals surface area contributed by atoms with Crippen LogP contribution in [0.25, 0.3) is 0 Å². The number of rotatable bonds is 7. The fourth-order valence-electron chi connectivity index (χ4n) is 3.12. The van der Waals surface area contributed by atoms with Crippen molar-refractivity contribution in [2.45, 2.75) is 26.9 Å². The van der Waals surface area contributed by atoms with Crippen molar-refractivity contribution in [3.63, 3.8) is 0 Å². The number of aryl methyl sites for hydroxylation is 1. The summed E-state index contributed by atoms with van der Waals surface area (Å²) in [5, 5.41) is 12.5. The van der Waals surface area contributed by atoms with Crippen molar-refractivity contribution in [3.8, 4) is 5.75 Å². The molecule has 0 aliphatic rings. The second-order valence-corrected chi connectivity index (χ2v) is 10.5. The Bertz CT molecular complexity index is 880. The van der Waals surface area contributed by atoms with Crippen molar-refractivity contribution in [3.05, 3.63) is 89.5 Å². The first-order valence-electron chi connectivity index (χ1n) is 9.45. The molecule has 0 aliphatic carbocycles. The summed E-state index contributed by atoms with van der Waals surface area (Å²) in [4.78, 5) is 2.46. The molecular weight excluding hydrogens is 456 g/mol. The van der Waals surface area contributed by atoms with Gasteiger partial charge in [-0.1, -0.05) is 82.2 Å². The zero-order chi connectivity index (χ0) is 21.1. The van der Waals surface area contributed by atoms with Gasteiger partial charge in [-0.15, -0.1) is 0 Å². The molecule has 0 heterocycles. The van der Waals surface area contributed by atoms with Crippen molar-refractivity contribution in [2.75, 3.05) is 6.54 Å². The van der Waals surface area contributed by atoms with E-state index in [1.807, 2.05) is 18.2 Å². The predicted molar refractivity (Wildman–Crippen MR) is 125 cm³/mol. The first-order valence-corrected chi connectivity index (χ1v) is 14.7. The number of phenolic OH excluding ortho intramolecular Hbond substituents is 1. The van der Waals surface area contributed by atoms with Crippen LogP contribution in [0.1, 0.15) is 23.6 Å². The maximum absolute atomic E-state index is 10.2. The zero-order valence-corrected chi connectivity index (χ0v) is 20.8. The molecule has 0 bridgehead atoms. The van der Waals surface area contributed by atoms with Crippen molar-refractivity contribution in [1.82, 2.24) is 4.90 Å². The van der Waals surface area contributed by atoms with Crippen LogP contribution < -0.4 is 10.6 Å². The van der Waals surface area contributed by atoms with Gasteiger partial charge in [-0.3, -0.25) is 4.90 Å². The topological polar surface area (TPSA) is 23.5 Å². The molecule has 0 aliphatic heterocycles. The molecule has 0 saturated heterocycles. The van der Waals surface area contributed by atoms with Gasteiger partial charge in [0.1, 0.15) is 5.75 Å². The Morgan fingerprint density at radius 1 is 0.897 bits per heavy atom. The van der Waals surface area contributed by atoms with Crippen LogP contribution >= 0.6 is 27.2 Å². The number of para-hydroxylation sites is 1. The van der Waals surface area contributed by atoms with Crippen LogP contribution in [0, 0.1) is 6.92 Å². The Morgan fingerprint density at radius 2 is 1.55 bits per heavy atom. The summed E-state index contributed by atoms with van der Waals surface area (Å²) in [6.07, 6.45) is 0.